The minimum Gasteiger partial charge on any atom is -0.336 e. The van der Waals surface area contributed by atoms with Crippen LogP contribution in [0.5, 0.6) is 0 Å². The number of hydrogen-bond acceptors (Lipinski definition) is 5. The number of carbonyl (C=O) groups is 1. The van der Waals surface area contributed by atoms with E-state index in [1.54, 1.807) is 0 Å². The highest BCUT2D eigenvalue weighted by molar-refractivity contribution is 6.33. The number of pyridine rings is 1. The van der Waals surface area contributed by atoms with E-state index in [0.29, 0.717) is 5.56 Å². The van der Waals surface area contributed by atoms with Gasteiger partial charge >= 0.3 is 0 Å². The molecule has 0 bridgehead atoms. The van der Waals surface area contributed by atoms with Gasteiger partial charge in [-0.2, -0.15) is 0 Å². The highest BCUT2D eigenvalue weighted by Crippen LogP contribution is 2.30. The first-order chi connectivity index (χ1) is 12.0. The molecule has 3 rings (SSSR count). The van der Waals surface area contributed by atoms with Crippen LogP contribution in [0, 0.1) is 5.82 Å². The second-order valence-corrected chi connectivity index (χ2v) is 5.37. The van der Waals surface area contributed by atoms with Gasteiger partial charge in [-0.1, -0.05) is 17.7 Å². The second-order valence-electron chi connectivity index (χ2n) is 5.02. The number of anilines is 1. The number of nitrogens with two attached hydrogens (primary N) is 1. The van der Waals surface area contributed by atoms with E-state index >= 15 is 0 Å². The lowest BCUT2D eigenvalue weighted by Crippen LogP contribution is -2.25. The minimum atomic E-state index is -0.585. The Morgan fingerprint density at radius 2 is 2.00 bits per heavy atom. The Kier molecular flexibility index (Phi) is 5.91. The van der Waals surface area contributed by atoms with Gasteiger partial charge < -0.3 is 11.2 Å². The molecule has 1 amide bonds. The van der Waals surface area contributed by atoms with Gasteiger partial charge in [-0.05, 0) is 24.3 Å². The molecule has 0 aliphatic rings. The molecule has 3 aromatic rings. The minimum absolute atomic E-state index is 0. The molecule has 0 atom stereocenters. The van der Waals surface area contributed by atoms with Gasteiger partial charge in [0, 0.05) is 23.4 Å². The average Bonchev–Trinajstić information content (AvgIpc) is 2.59. The fourth-order valence-electron chi connectivity index (χ4n) is 2.15. The molecule has 3 N–H and O–H groups in total. The molecule has 0 spiro atoms. The largest absolute Gasteiger partial charge is 0.336 e. The van der Waals surface area contributed by atoms with E-state index in [-0.39, 0.29) is 34.5 Å². The zero-order chi connectivity index (χ0) is 18.0. The number of halogens is 3. The maximum absolute atomic E-state index is 13.3. The summed E-state index contributed by atoms with van der Waals surface area (Å²) in [7, 11) is 0. The molecule has 0 saturated carbocycles. The second kappa shape index (κ2) is 7.94. The van der Waals surface area contributed by atoms with Crippen LogP contribution in [-0.4, -0.2) is 20.6 Å². The number of nitrogen functional groups attached to an aromatic ring is 1. The molecule has 0 saturated heterocycles. The van der Waals surface area contributed by atoms with E-state index < -0.39 is 17.3 Å². The Balaban J connectivity index is 0.00000243. The topological polar surface area (TPSA) is 103 Å². The Labute approximate surface area is 158 Å². The number of amides is 1. The summed E-state index contributed by atoms with van der Waals surface area (Å²) in [5, 5.41) is 2.55. The summed E-state index contributed by atoms with van der Waals surface area (Å²) in [4.78, 5) is 31.7. The van der Waals surface area contributed by atoms with Crippen molar-refractivity contribution in [2.45, 2.75) is 0 Å². The van der Waals surface area contributed by atoms with Gasteiger partial charge in [-0.25, -0.2) is 19.0 Å². The van der Waals surface area contributed by atoms with Gasteiger partial charge in [-0.15, -0.1) is 12.4 Å². The Morgan fingerprint density at radius 3 is 2.69 bits per heavy atom. The van der Waals surface area contributed by atoms with E-state index in [9.17, 15) is 14.0 Å². The van der Waals surface area contributed by atoms with Crippen molar-refractivity contribution in [3.8, 4) is 11.3 Å². The maximum Gasteiger partial charge on any atom is 0.268 e. The lowest BCUT2D eigenvalue weighted by atomic mass is 10.1. The monoisotopic (exact) mass is 395 g/mol. The smallest absolute Gasteiger partial charge is 0.268 e. The lowest BCUT2D eigenvalue weighted by Gasteiger charge is -2.12. The van der Waals surface area contributed by atoms with Crippen molar-refractivity contribution in [3.05, 3.63) is 75.8 Å². The summed E-state index contributed by atoms with van der Waals surface area (Å²) in [5.41, 5.74) is 0.533. The van der Waals surface area contributed by atoms with Gasteiger partial charge in [0.2, 0.25) is 0 Å². The highest BCUT2D eigenvalue weighted by atomic mass is 35.5. The summed E-state index contributed by atoms with van der Waals surface area (Å²) < 4.78 is 14.2. The van der Waals surface area contributed by atoms with Crippen molar-refractivity contribution in [2.24, 2.45) is 0 Å². The lowest BCUT2D eigenvalue weighted by molar-refractivity contribution is 0.102. The number of carbonyl (C=O) groups excluding carboxylic acids is 1. The van der Waals surface area contributed by atoms with Crippen molar-refractivity contribution in [3.63, 3.8) is 0 Å². The first kappa shape index (κ1) is 19.4. The van der Waals surface area contributed by atoms with Crippen LogP contribution in [0.15, 0.2) is 53.7 Å². The van der Waals surface area contributed by atoms with Crippen molar-refractivity contribution in [2.75, 3.05) is 11.2 Å². The van der Waals surface area contributed by atoms with Crippen LogP contribution in [-0.2, 0) is 0 Å². The third-order valence-corrected chi connectivity index (χ3v) is 3.62. The molecule has 0 radical (unpaired) electrons. The van der Waals surface area contributed by atoms with Gasteiger partial charge in [0.1, 0.15) is 23.5 Å². The fourth-order valence-corrected chi connectivity index (χ4v) is 2.33. The Morgan fingerprint density at radius 1 is 1.23 bits per heavy atom. The van der Waals surface area contributed by atoms with Crippen LogP contribution in [0.4, 0.5) is 10.1 Å². The van der Waals surface area contributed by atoms with E-state index in [1.807, 2.05) is 0 Å². The van der Waals surface area contributed by atoms with Crippen LogP contribution in [0.3, 0.4) is 0 Å². The van der Waals surface area contributed by atoms with Gasteiger partial charge in [0.15, 0.2) is 5.15 Å². The predicted octanol–water partition coefficient (Wildman–Crippen LogP) is 2.49. The average molecular weight is 396 g/mol. The van der Waals surface area contributed by atoms with Crippen LogP contribution in [0.2, 0.25) is 5.15 Å². The zero-order valence-electron chi connectivity index (χ0n) is 13.0. The standard InChI is InChI=1S/C16H11ClFN5O2.ClH/c17-15-14(22-16(25)9-2-1-3-11(18)6-9)13(20-8-21-15)10-4-5-12(24)23(19)7-10;/h1-8H,19H2,(H,22,25);1H. The van der Waals surface area contributed by atoms with Crippen molar-refractivity contribution < 1.29 is 9.18 Å². The van der Waals surface area contributed by atoms with E-state index in [2.05, 4.69) is 15.3 Å². The number of benzene rings is 1. The molecule has 2 heterocycles. The van der Waals surface area contributed by atoms with Crippen LogP contribution in [0.1, 0.15) is 10.4 Å². The van der Waals surface area contributed by atoms with Crippen LogP contribution >= 0.6 is 24.0 Å². The normalized spacial score (nSPS) is 10.1. The molecule has 1 aromatic carbocycles. The highest BCUT2D eigenvalue weighted by Gasteiger charge is 2.16. The molecule has 10 heteroatoms. The number of nitrogens with one attached hydrogen (secondary N) is 1. The molecule has 0 aliphatic carbocycles. The third kappa shape index (κ3) is 3.98. The third-order valence-electron chi connectivity index (χ3n) is 3.34. The molecule has 0 fully saturated rings. The quantitative estimate of drug-likeness (QED) is 0.523. The first-order valence-electron chi connectivity index (χ1n) is 7.01. The van der Waals surface area contributed by atoms with Crippen molar-refractivity contribution >= 4 is 35.6 Å². The van der Waals surface area contributed by atoms with E-state index in [4.69, 9.17) is 17.4 Å². The number of hydrogen-bond donors (Lipinski definition) is 2. The maximum atomic E-state index is 13.3. The predicted molar refractivity (Wildman–Crippen MR) is 98.5 cm³/mol. The number of aromatic nitrogens is 3. The van der Waals surface area contributed by atoms with Gasteiger partial charge in [0.05, 0.1) is 0 Å². The van der Waals surface area contributed by atoms with Crippen molar-refractivity contribution in [1.29, 1.82) is 0 Å². The number of nitrogens with zero attached hydrogens (tertiary/aromatic N) is 3. The fraction of sp³-hybridized carbons (Fsp3) is 0. The molecular formula is C16H12Cl2FN5O2. The number of rotatable bonds is 3. The summed E-state index contributed by atoms with van der Waals surface area (Å²) >= 11 is 6.07. The Bertz CT molecular complexity index is 1030. The molecule has 2 aromatic heterocycles. The first-order valence-corrected chi connectivity index (χ1v) is 7.39. The summed E-state index contributed by atoms with van der Waals surface area (Å²) in [6, 6.07) is 7.93. The molecule has 26 heavy (non-hydrogen) atoms. The molecular weight excluding hydrogens is 384 g/mol. The Hall–Kier alpha value is -2.97. The summed E-state index contributed by atoms with van der Waals surface area (Å²) in [6.45, 7) is 0. The zero-order valence-corrected chi connectivity index (χ0v) is 14.6. The van der Waals surface area contributed by atoms with E-state index in [1.165, 1.54) is 42.9 Å². The molecule has 134 valence electrons. The van der Waals surface area contributed by atoms with Crippen LogP contribution in [0.25, 0.3) is 11.3 Å². The van der Waals surface area contributed by atoms with Crippen LogP contribution < -0.4 is 16.7 Å². The molecule has 7 nitrogen and oxygen atoms in total. The molecule has 0 unspecified atom stereocenters. The van der Waals surface area contributed by atoms with E-state index in [0.717, 1.165) is 10.7 Å². The molecule has 0 aliphatic heterocycles. The SMILES string of the molecule is Cl.Nn1cc(-c2ncnc(Cl)c2NC(=O)c2cccc(F)c2)ccc1=O. The van der Waals surface area contributed by atoms with Gasteiger partial charge in [-0.3, -0.25) is 9.59 Å². The summed E-state index contributed by atoms with van der Waals surface area (Å²) in [6.07, 6.45) is 2.56. The summed E-state index contributed by atoms with van der Waals surface area (Å²) in [5.74, 6) is 4.43. The van der Waals surface area contributed by atoms with Gasteiger partial charge in [0.25, 0.3) is 11.5 Å². The van der Waals surface area contributed by atoms with Crippen molar-refractivity contribution in [1.82, 2.24) is 14.6 Å².